The zero-order chi connectivity index (χ0) is 22.1. The Labute approximate surface area is 179 Å². The number of pyridine rings is 1. The van der Waals surface area contributed by atoms with Crippen molar-refractivity contribution in [3.8, 4) is 22.9 Å². The van der Waals surface area contributed by atoms with Gasteiger partial charge in [-0.05, 0) is 44.7 Å². The van der Waals surface area contributed by atoms with E-state index in [4.69, 9.17) is 15.2 Å². The Morgan fingerprint density at radius 1 is 1.32 bits per heavy atom. The molecule has 4 N–H and O–H groups in total. The molecular formula is C22H25N5O4. The third kappa shape index (κ3) is 4.30. The molecule has 1 atom stereocenters. The Morgan fingerprint density at radius 2 is 2.13 bits per heavy atom. The number of nitrogens with one attached hydrogen (secondary N) is 2. The lowest BCUT2D eigenvalue weighted by Gasteiger charge is -2.17. The van der Waals surface area contributed by atoms with Crippen LogP contribution in [0.1, 0.15) is 42.9 Å². The molecule has 2 amide bonds. The highest BCUT2D eigenvalue weighted by Gasteiger charge is 2.23. The first-order chi connectivity index (χ1) is 14.8. The monoisotopic (exact) mass is 423 g/mol. The first-order valence-electron chi connectivity index (χ1n) is 10.2. The highest BCUT2D eigenvalue weighted by atomic mass is 16.5. The summed E-state index contributed by atoms with van der Waals surface area (Å²) in [5, 5.41) is 4.27. The summed E-state index contributed by atoms with van der Waals surface area (Å²) in [4.78, 5) is 35.7. The fraction of sp³-hybridized carbons (Fsp3) is 0.364. The lowest BCUT2D eigenvalue weighted by molar-refractivity contribution is -0.119. The number of nitrogens with two attached hydrogens (primary N) is 1. The summed E-state index contributed by atoms with van der Waals surface area (Å²) in [5.41, 5.74) is 7.34. The van der Waals surface area contributed by atoms with Gasteiger partial charge in [0.15, 0.2) is 0 Å². The van der Waals surface area contributed by atoms with Gasteiger partial charge in [0.1, 0.15) is 18.2 Å². The topological polar surface area (TPSA) is 132 Å². The maximum atomic E-state index is 12.1. The zero-order valence-corrected chi connectivity index (χ0v) is 17.7. The Balaban J connectivity index is 1.83. The second kappa shape index (κ2) is 8.25. The van der Waals surface area contributed by atoms with E-state index in [9.17, 15) is 9.59 Å². The number of fused-ring (bicyclic) bond motifs is 1. The maximum Gasteiger partial charge on any atom is 0.252 e. The summed E-state index contributed by atoms with van der Waals surface area (Å²) < 4.78 is 11.8. The van der Waals surface area contributed by atoms with Crippen molar-refractivity contribution in [3.05, 3.63) is 35.9 Å². The largest absolute Gasteiger partial charge is 0.490 e. The van der Waals surface area contributed by atoms with Crippen LogP contribution in [0, 0.1) is 6.92 Å². The van der Waals surface area contributed by atoms with E-state index in [0.717, 1.165) is 23.2 Å². The Hall–Kier alpha value is -3.62. The van der Waals surface area contributed by atoms with Gasteiger partial charge in [0.2, 0.25) is 11.8 Å². The predicted molar refractivity (Wildman–Crippen MR) is 115 cm³/mol. The van der Waals surface area contributed by atoms with Crippen molar-refractivity contribution in [3.63, 3.8) is 0 Å². The second-order valence-corrected chi connectivity index (χ2v) is 7.89. The fourth-order valence-corrected chi connectivity index (χ4v) is 3.64. The molecule has 2 aromatic heterocycles. The number of hydrogen-bond donors (Lipinski definition) is 3. The first-order valence-corrected chi connectivity index (χ1v) is 10.2. The van der Waals surface area contributed by atoms with E-state index in [2.05, 4.69) is 20.3 Å². The number of carbonyl (C=O) groups is 2. The van der Waals surface area contributed by atoms with Gasteiger partial charge in [-0.1, -0.05) is 0 Å². The lowest BCUT2D eigenvalue weighted by Crippen LogP contribution is -2.31. The number of nitrogens with zero attached hydrogens (tertiary/aromatic N) is 2. The average Bonchev–Trinajstić information content (AvgIpc) is 3.33. The number of hydrogen-bond acceptors (Lipinski definition) is 6. The van der Waals surface area contributed by atoms with Gasteiger partial charge >= 0.3 is 0 Å². The van der Waals surface area contributed by atoms with Gasteiger partial charge in [-0.3, -0.25) is 9.59 Å². The summed E-state index contributed by atoms with van der Waals surface area (Å²) in [5.74, 6) is 0.947. The van der Waals surface area contributed by atoms with Crippen molar-refractivity contribution < 1.29 is 19.1 Å². The quantitative estimate of drug-likeness (QED) is 0.535. The third-order valence-electron chi connectivity index (χ3n) is 5.07. The molecule has 0 saturated carbocycles. The molecule has 4 rings (SSSR count). The molecule has 9 nitrogen and oxygen atoms in total. The molecule has 1 fully saturated rings. The van der Waals surface area contributed by atoms with Crippen molar-refractivity contribution in [1.82, 2.24) is 20.3 Å². The number of ether oxygens (including phenoxy) is 2. The molecule has 0 radical (unpaired) electrons. The highest BCUT2D eigenvalue weighted by Crippen LogP contribution is 2.37. The highest BCUT2D eigenvalue weighted by molar-refractivity contribution is 6.06. The molecule has 0 unspecified atom stereocenters. The summed E-state index contributed by atoms with van der Waals surface area (Å²) in [7, 11) is 0. The molecular weight excluding hydrogens is 398 g/mol. The van der Waals surface area contributed by atoms with Crippen LogP contribution < -0.4 is 20.5 Å². The van der Waals surface area contributed by atoms with E-state index in [1.807, 2.05) is 20.8 Å². The predicted octanol–water partition coefficient (Wildman–Crippen LogP) is 2.48. The number of aryl methyl sites for hydroxylation is 1. The molecule has 1 aromatic carbocycles. The van der Waals surface area contributed by atoms with Gasteiger partial charge < -0.3 is 25.5 Å². The summed E-state index contributed by atoms with van der Waals surface area (Å²) in [6, 6.07) is 3.36. The van der Waals surface area contributed by atoms with Gasteiger partial charge in [-0.2, -0.15) is 0 Å². The lowest BCUT2D eigenvalue weighted by atomic mass is 10.0. The van der Waals surface area contributed by atoms with Crippen LogP contribution in [-0.4, -0.2) is 45.5 Å². The van der Waals surface area contributed by atoms with Gasteiger partial charge in [-0.25, -0.2) is 9.97 Å². The van der Waals surface area contributed by atoms with E-state index in [1.165, 1.54) is 0 Å². The van der Waals surface area contributed by atoms with Crippen LogP contribution in [0.15, 0.2) is 24.5 Å². The number of H-pyrrole nitrogens is 1. The van der Waals surface area contributed by atoms with Crippen LogP contribution in [0.25, 0.3) is 22.0 Å². The number of rotatable bonds is 7. The number of amides is 2. The third-order valence-corrected chi connectivity index (χ3v) is 5.07. The van der Waals surface area contributed by atoms with Gasteiger partial charge in [-0.15, -0.1) is 0 Å². The number of aromatic nitrogens is 3. The standard InChI is InChI=1S/C22H25N5O4/c1-11(2)31-19-7-15-14(6-16(19)21(23)29)17(18-9-24-12(3)26-18)8-25-22(15)30-10-13-4-5-20(28)27-13/h6-9,11,13H,4-5,10H2,1-3H3,(H2,23,29)(H,24,26)(H,27,28)/t13-/m0/s1. The van der Waals surface area contributed by atoms with E-state index < -0.39 is 5.91 Å². The van der Waals surface area contributed by atoms with Crippen molar-refractivity contribution in [2.75, 3.05) is 6.61 Å². The molecule has 9 heteroatoms. The normalized spacial score (nSPS) is 16.0. The van der Waals surface area contributed by atoms with Crippen LogP contribution in [0.3, 0.4) is 0 Å². The molecule has 0 bridgehead atoms. The number of aromatic amines is 1. The number of carbonyl (C=O) groups excluding carboxylic acids is 2. The number of primary amides is 1. The molecule has 3 aromatic rings. The van der Waals surface area contributed by atoms with Crippen LogP contribution in [-0.2, 0) is 4.79 Å². The molecule has 0 aliphatic carbocycles. The smallest absolute Gasteiger partial charge is 0.252 e. The Kier molecular flexibility index (Phi) is 5.50. The van der Waals surface area contributed by atoms with Crippen LogP contribution in [0.2, 0.25) is 0 Å². The van der Waals surface area contributed by atoms with Gasteiger partial charge in [0.25, 0.3) is 5.91 Å². The van der Waals surface area contributed by atoms with Crippen molar-refractivity contribution >= 4 is 22.6 Å². The minimum absolute atomic E-state index is 0.0226. The first kappa shape index (κ1) is 20.6. The minimum atomic E-state index is -0.588. The Morgan fingerprint density at radius 3 is 2.74 bits per heavy atom. The molecule has 1 aliphatic heterocycles. The average molecular weight is 423 g/mol. The van der Waals surface area contributed by atoms with E-state index in [0.29, 0.717) is 35.7 Å². The molecule has 162 valence electrons. The number of imidazole rings is 1. The van der Waals surface area contributed by atoms with Gasteiger partial charge in [0, 0.05) is 29.8 Å². The van der Waals surface area contributed by atoms with Crippen LogP contribution >= 0.6 is 0 Å². The summed E-state index contributed by atoms with van der Waals surface area (Å²) >= 11 is 0. The summed E-state index contributed by atoms with van der Waals surface area (Å²) in [6.07, 6.45) is 4.50. The minimum Gasteiger partial charge on any atom is -0.490 e. The molecule has 3 heterocycles. The van der Waals surface area contributed by atoms with Crippen molar-refractivity contribution in [1.29, 1.82) is 0 Å². The molecule has 1 aliphatic rings. The van der Waals surface area contributed by atoms with Gasteiger partial charge in [0.05, 0.1) is 23.4 Å². The van der Waals surface area contributed by atoms with Crippen LogP contribution in [0.4, 0.5) is 0 Å². The molecule has 31 heavy (non-hydrogen) atoms. The second-order valence-electron chi connectivity index (χ2n) is 7.89. The summed E-state index contributed by atoms with van der Waals surface area (Å²) in [6.45, 7) is 5.90. The SMILES string of the molecule is Cc1nc(-c2cnc(OC[C@@H]3CCC(=O)N3)c3cc(OC(C)C)c(C(N)=O)cc23)c[nH]1. The van der Waals surface area contributed by atoms with E-state index in [-0.39, 0.29) is 23.6 Å². The maximum absolute atomic E-state index is 12.1. The van der Waals surface area contributed by atoms with E-state index in [1.54, 1.807) is 24.5 Å². The Bertz CT molecular complexity index is 1150. The van der Waals surface area contributed by atoms with Crippen molar-refractivity contribution in [2.45, 2.75) is 45.8 Å². The molecule has 0 spiro atoms. The van der Waals surface area contributed by atoms with Crippen LogP contribution in [0.5, 0.6) is 11.6 Å². The van der Waals surface area contributed by atoms with E-state index >= 15 is 0 Å². The number of benzene rings is 1. The fourth-order valence-electron chi connectivity index (χ4n) is 3.64. The molecule has 1 saturated heterocycles. The van der Waals surface area contributed by atoms with Crippen molar-refractivity contribution in [2.24, 2.45) is 5.73 Å². The zero-order valence-electron chi connectivity index (χ0n) is 17.7.